The molecule has 3 unspecified atom stereocenters. The second kappa shape index (κ2) is 13.0. The van der Waals surface area contributed by atoms with Crippen LogP contribution >= 0.6 is 0 Å². The van der Waals surface area contributed by atoms with E-state index in [1.54, 1.807) is 7.11 Å². The molecule has 1 fully saturated rings. The maximum absolute atomic E-state index is 6.85. The summed E-state index contributed by atoms with van der Waals surface area (Å²) in [5.41, 5.74) is 10.6. The van der Waals surface area contributed by atoms with Gasteiger partial charge in [0.25, 0.3) is 0 Å². The number of nitrogens with one attached hydrogen (secondary N) is 3. The van der Waals surface area contributed by atoms with E-state index in [2.05, 4.69) is 101 Å². The molecule has 0 amide bonds. The van der Waals surface area contributed by atoms with Crippen LogP contribution in [0.25, 0.3) is 5.70 Å². The second-order valence-electron chi connectivity index (χ2n) is 9.89. The molecule has 0 spiro atoms. The third-order valence-electron chi connectivity index (χ3n) is 6.99. The van der Waals surface area contributed by atoms with Crippen molar-refractivity contribution in [2.24, 2.45) is 5.73 Å². The lowest BCUT2D eigenvalue weighted by molar-refractivity contribution is 0.107. The molecular formula is C28H43N7O2. The number of nitrogens with zero attached hydrogens (tertiary/aromatic N) is 3. The van der Waals surface area contributed by atoms with Crippen LogP contribution in [-0.4, -0.2) is 88.1 Å². The Labute approximate surface area is 221 Å². The average Bonchev–Trinajstić information content (AvgIpc) is 2.87. The van der Waals surface area contributed by atoms with E-state index in [0.29, 0.717) is 18.1 Å². The molecule has 0 saturated carbocycles. The lowest BCUT2D eigenvalue weighted by Gasteiger charge is -2.38. The van der Waals surface area contributed by atoms with Gasteiger partial charge in [-0.15, -0.1) is 0 Å². The highest BCUT2D eigenvalue weighted by Crippen LogP contribution is 2.28. The van der Waals surface area contributed by atoms with Gasteiger partial charge in [-0.05, 0) is 49.9 Å². The van der Waals surface area contributed by atoms with Crippen LogP contribution in [0, 0.1) is 0 Å². The molecule has 37 heavy (non-hydrogen) atoms. The minimum absolute atomic E-state index is 0.0952. The van der Waals surface area contributed by atoms with Gasteiger partial charge in [0.15, 0.2) is 5.76 Å². The number of allylic oxidation sites excluding steroid dienone is 1. The van der Waals surface area contributed by atoms with Crippen LogP contribution in [0.15, 0.2) is 66.3 Å². The van der Waals surface area contributed by atoms with Gasteiger partial charge in [0, 0.05) is 57.8 Å². The average molecular weight is 510 g/mol. The van der Waals surface area contributed by atoms with Gasteiger partial charge in [0.1, 0.15) is 12.3 Å². The highest BCUT2D eigenvalue weighted by Gasteiger charge is 2.26. The summed E-state index contributed by atoms with van der Waals surface area (Å²) in [4.78, 5) is 6.66. The Bertz CT molecular complexity index is 1010. The minimum Gasteiger partial charge on any atom is -0.495 e. The van der Waals surface area contributed by atoms with E-state index in [1.165, 1.54) is 5.56 Å². The van der Waals surface area contributed by atoms with E-state index in [-0.39, 0.29) is 18.5 Å². The number of rotatable bonds is 8. The summed E-state index contributed by atoms with van der Waals surface area (Å²) in [5.74, 6) is 0.663. The van der Waals surface area contributed by atoms with Crippen LogP contribution < -0.4 is 21.7 Å². The molecule has 3 aliphatic heterocycles. The fraction of sp³-hybridized carbons (Fsp3) is 0.500. The highest BCUT2D eigenvalue weighted by molar-refractivity contribution is 5.66. The lowest BCUT2D eigenvalue weighted by atomic mass is 10.0. The molecule has 3 atom stereocenters. The van der Waals surface area contributed by atoms with Crippen molar-refractivity contribution in [2.45, 2.75) is 31.3 Å². The molecule has 0 aromatic heterocycles. The van der Waals surface area contributed by atoms with Crippen molar-refractivity contribution in [1.29, 1.82) is 0 Å². The van der Waals surface area contributed by atoms with E-state index in [1.807, 2.05) is 6.07 Å². The molecule has 1 saturated heterocycles. The molecule has 0 bridgehead atoms. The molecule has 3 heterocycles. The fourth-order valence-electron chi connectivity index (χ4n) is 5.03. The van der Waals surface area contributed by atoms with Gasteiger partial charge in [0.2, 0.25) is 0 Å². The van der Waals surface area contributed by atoms with Crippen LogP contribution in [-0.2, 0) is 9.47 Å². The standard InChI is InChI=1S/C28H43N7O2/c1-33-16-11-23(12-17-33)31-27(32-24-10-6-18-37-19-13-30-24)26(36-4)25(29)21-8-5-9-22(20-21)28-34(2)14-7-15-35(28)3/h5,7-9,11-12,14,16,20,24,27-28,30-32H,6,10,13,15,17-19,29H2,1-4H3/b26-25+. The SMILES string of the molecule is CO/C(=C(/N)c1cccc(C2N(C)C=CCN2C)c1)C(NC1=CCN(C)C=C1)NC1CCCOCCN1. The zero-order chi connectivity index (χ0) is 26.2. The first-order chi connectivity index (χ1) is 18.0. The van der Waals surface area contributed by atoms with Crippen LogP contribution in [0.1, 0.15) is 30.1 Å². The smallest absolute Gasteiger partial charge is 0.156 e. The largest absolute Gasteiger partial charge is 0.495 e. The molecule has 4 rings (SSSR count). The third kappa shape index (κ3) is 7.07. The Balaban J connectivity index is 1.64. The van der Waals surface area contributed by atoms with Crippen molar-refractivity contribution < 1.29 is 9.47 Å². The van der Waals surface area contributed by atoms with Crippen LogP contribution in [0.3, 0.4) is 0 Å². The van der Waals surface area contributed by atoms with Gasteiger partial charge in [0.05, 0.1) is 25.6 Å². The van der Waals surface area contributed by atoms with Gasteiger partial charge in [-0.1, -0.05) is 24.3 Å². The number of methoxy groups -OCH3 is 1. The van der Waals surface area contributed by atoms with Gasteiger partial charge >= 0.3 is 0 Å². The monoisotopic (exact) mass is 509 g/mol. The molecule has 0 aliphatic carbocycles. The molecule has 202 valence electrons. The number of ether oxygens (including phenoxy) is 2. The molecule has 9 nitrogen and oxygen atoms in total. The zero-order valence-corrected chi connectivity index (χ0v) is 22.6. The topological polar surface area (TPSA) is 90.3 Å². The summed E-state index contributed by atoms with van der Waals surface area (Å²) in [6.45, 7) is 4.02. The molecule has 5 N–H and O–H groups in total. The van der Waals surface area contributed by atoms with E-state index >= 15 is 0 Å². The Morgan fingerprint density at radius 3 is 2.81 bits per heavy atom. The third-order valence-corrected chi connectivity index (χ3v) is 6.99. The van der Waals surface area contributed by atoms with Gasteiger partial charge in [-0.25, -0.2) is 0 Å². The maximum Gasteiger partial charge on any atom is 0.156 e. The number of benzene rings is 1. The predicted molar refractivity (Wildman–Crippen MR) is 149 cm³/mol. The van der Waals surface area contributed by atoms with Crippen molar-refractivity contribution in [3.8, 4) is 0 Å². The Morgan fingerprint density at radius 2 is 2.05 bits per heavy atom. The second-order valence-corrected chi connectivity index (χ2v) is 9.89. The first-order valence-corrected chi connectivity index (χ1v) is 13.1. The summed E-state index contributed by atoms with van der Waals surface area (Å²) < 4.78 is 11.6. The van der Waals surface area contributed by atoms with Crippen molar-refractivity contribution >= 4 is 5.70 Å². The van der Waals surface area contributed by atoms with Gasteiger partial charge in [-0.2, -0.15) is 0 Å². The molecule has 0 radical (unpaired) electrons. The number of hydrogen-bond donors (Lipinski definition) is 4. The maximum atomic E-state index is 6.85. The Kier molecular flexibility index (Phi) is 9.51. The van der Waals surface area contributed by atoms with Crippen molar-refractivity contribution in [3.05, 3.63) is 77.5 Å². The summed E-state index contributed by atoms with van der Waals surface area (Å²) in [7, 11) is 7.98. The van der Waals surface area contributed by atoms with E-state index in [9.17, 15) is 0 Å². The van der Waals surface area contributed by atoms with Gasteiger partial charge in [-0.3, -0.25) is 15.5 Å². The molecule has 9 heteroatoms. The highest BCUT2D eigenvalue weighted by atomic mass is 16.5. The Morgan fingerprint density at radius 1 is 1.19 bits per heavy atom. The summed E-state index contributed by atoms with van der Waals surface area (Å²) in [6.07, 6.45) is 12.4. The number of likely N-dealkylation sites (N-methyl/N-ethyl adjacent to an activating group) is 2. The van der Waals surface area contributed by atoms with Crippen molar-refractivity contribution in [1.82, 2.24) is 30.7 Å². The van der Waals surface area contributed by atoms with Crippen molar-refractivity contribution in [2.75, 3.05) is 61.1 Å². The zero-order valence-electron chi connectivity index (χ0n) is 22.6. The summed E-state index contributed by atoms with van der Waals surface area (Å²) in [5, 5.41) is 10.9. The quantitative estimate of drug-likeness (QED) is 0.310. The summed E-state index contributed by atoms with van der Waals surface area (Å²) in [6, 6.07) is 8.44. The minimum atomic E-state index is -0.325. The van der Waals surface area contributed by atoms with Crippen LogP contribution in [0.5, 0.6) is 0 Å². The fourth-order valence-corrected chi connectivity index (χ4v) is 5.03. The lowest BCUT2D eigenvalue weighted by Crippen LogP contribution is -2.55. The van der Waals surface area contributed by atoms with E-state index in [4.69, 9.17) is 15.2 Å². The molecule has 1 aromatic carbocycles. The van der Waals surface area contributed by atoms with Crippen LogP contribution in [0.4, 0.5) is 0 Å². The van der Waals surface area contributed by atoms with E-state index in [0.717, 1.165) is 50.3 Å². The molecule has 3 aliphatic rings. The molecule has 1 aromatic rings. The number of hydrogen-bond acceptors (Lipinski definition) is 9. The van der Waals surface area contributed by atoms with Gasteiger partial charge < -0.3 is 30.3 Å². The Hall–Kier alpha value is -2.98. The van der Waals surface area contributed by atoms with Crippen LogP contribution in [0.2, 0.25) is 0 Å². The number of nitrogens with two attached hydrogens (primary N) is 1. The van der Waals surface area contributed by atoms with Crippen molar-refractivity contribution in [3.63, 3.8) is 0 Å². The first-order valence-electron chi connectivity index (χ1n) is 13.1. The normalized spacial score (nSPS) is 24.6. The predicted octanol–water partition coefficient (Wildman–Crippen LogP) is 1.92. The van der Waals surface area contributed by atoms with E-state index < -0.39 is 0 Å². The molecular weight excluding hydrogens is 466 g/mol. The summed E-state index contributed by atoms with van der Waals surface area (Å²) >= 11 is 0. The first kappa shape index (κ1) is 27.1.